The highest BCUT2D eigenvalue weighted by atomic mass is 79.9. The predicted molar refractivity (Wildman–Crippen MR) is 143 cm³/mol. The van der Waals surface area contributed by atoms with Crippen LogP contribution >= 0.6 is 27.5 Å². The molecule has 4 aromatic carbocycles. The van der Waals surface area contributed by atoms with E-state index in [0.29, 0.717) is 22.4 Å². The normalized spacial score (nSPS) is 11.1. The van der Waals surface area contributed by atoms with Crippen LogP contribution in [0.1, 0.15) is 11.1 Å². The smallest absolute Gasteiger partial charge is 0.271 e. The van der Waals surface area contributed by atoms with Gasteiger partial charge >= 0.3 is 0 Å². The topological polar surface area (TPSA) is 105 Å². The van der Waals surface area contributed by atoms with Crippen molar-refractivity contribution in [3.05, 3.63) is 115 Å². The number of nitriles is 1. The lowest BCUT2D eigenvalue weighted by Gasteiger charge is -2.11. The molecule has 9 heteroatoms. The number of nitro groups is 1. The van der Waals surface area contributed by atoms with E-state index < -0.39 is 10.8 Å². The molecule has 0 radical (unpaired) electrons. The minimum absolute atomic E-state index is 0.0374. The van der Waals surface area contributed by atoms with Crippen molar-refractivity contribution < 1.29 is 14.5 Å². The summed E-state index contributed by atoms with van der Waals surface area (Å²) in [7, 11) is 0. The minimum atomic E-state index is -0.743. The first-order chi connectivity index (χ1) is 17.4. The molecule has 4 rings (SSSR count). The zero-order chi connectivity index (χ0) is 25.7. The van der Waals surface area contributed by atoms with Gasteiger partial charge in [-0.05, 0) is 62.1 Å². The fourth-order valence-electron chi connectivity index (χ4n) is 3.53. The van der Waals surface area contributed by atoms with Gasteiger partial charge < -0.3 is 10.1 Å². The van der Waals surface area contributed by atoms with Gasteiger partial charge in [0.25, 0.3) is 11.6 Å². The van der Waals surface area contributed by atoms with Gasteiger partial charge in [-0.3, -0.25) is 14.9 Å². The Hall–Kier alpha value is -4.19. The van der Waals surface area contributed by atoms with E-state index >= 15 is 0 Å². The molecule has 0 bridgehead atoms. The Bertz CT molecular complexity index is 1560. The molecule has 0 fully saturated rings. The van der Waals surface area contributed by atoms with E-state index in [1.165, 1.54) is 18.2 Å². The van der Waals surface area contributed by atoms with Crippen molar-refractivity contribution in [2.24, 2.45) is 0 Å². The first-order valence-corrected chi connectivity index (χ1v) is 11.8. The fraction of sp³-hybridized carbons (Fsp3) is 0.0370. The molecule has 7 nitrogen and oxygen atoms in total. The lowest BCUT2D eigenvalue weighted by molar-refractivity contribution is -0.384. The molecular formula is C27H17BrClN3O4. The van der Waals surface area contributed by atoms with Crippen molar-refractivity contribution in [3.8, 4) is 11.8 Å². The quantitative estimate of drug-likeness (QED) is 0.110. The maximum absolute atomic E-state index is 12.6. The Morgan fingerprint density at radius 2 is 1.89 bits per heavy atom. The number of rotatable bonds is 7. The third-order valence-corrected chi connectivity index (χ3v) is 6.25. The van der Waals surface area contributed by atoms with Crippen LogP contribution in [-0.4, -0.2) is 10.8 Å². The molecule has 1 amide bonds. The van der Waals surface area contributed by atoms with Crippen molar-refractivity contribution in [2.45, 2.75) is 6.61 Å². The minimum Gasteiger partial charge on any atom is -0.488 e. The number of ether oxygens (including phenoxy) is 1. The predicted octanol–water partition coefficient (Wildman–Crippen LogP) is 7.29. The van der Waals surface area contributed by atoms with Gasteiger partial charge in [0.15, 0.2) is 0 Å². The Morgan fingerprint density at radius 1 is 1.11 bits per heavy atom. The molecule has 0 aliphatic carbocycles. The lowest BCUT2D eigenvalue weighted by Crippen LogP contribution is -2.14. The van der Waals surface area contributed by atoms with Crippen LogP contribution in [0.4, 0.5) is 11.4 Å². The fourth-order valence-corrected chi connectivity index (χ4v) is 4.20. The zero-order valence-corrected chi connectivity index (χ0v) is 20.9. The molecule has 0 unspecified atom stereocenters. The monoisotopic (exact) mass is 561 g/mol. The molecule has 178 valence electrons. The molecule has 0 spiro atoms. The number of amides is 1. The number of hydrogen-bond acceptors (Lipinski definition) is 5. The van der Waals surface area contributed by atoms with Crippen molar-refractivity contribution in [2.75, 3.05) is 5.32 Å². The third kappa shape index (κ3) is 5.71. The number of halogens is 2. The van der Waals surface area contributed by atoms with Crippen molar-refractivity contribution in [3.63, 3.8) is 0 Å². The van der Waals surface area contributed by atoms with E-state index in [0.717, 1.165) is 22.4 Å². The van der Waals surface area contributed by atoms with Crippen LogP contribution in [0.5, 0.6) is 5.75 Å². The molecule has 0 aromatic heterocycles. The van der Waals surface area contributed by atoms with Gasteiger partial charge in [-0.2, -0.15) is 5.26 Å². The summed E-state index contributed by atoms with van der Waals surface area (Å²) in [5.41, 5.74) is 1.23. The third-order valence-electron chi connectivity index (χ3n) is 5.30. The summed E-state index contributed by atoms with van der Waals surface area (Å²) in [6.45, 7) is 0.366. The number of fused-ring (bicyclic) bond motifs is 1. The SMILES string of the molecule is N#C/C(=C\c1ccc(OCc2cccc3ccccc23)c(Br)c1)C(=O)Nc1cc([N+](=O)[O-])ccc1Cl. The average molecular weight is 563 g/mol. The van der Waals surface area contributed by atoms with Gasteiger partial charge in [-0.25, -0.2) is 0 Å². The number of nitro benzene ring substituents is 1. The molecule has 0 saturated heterocycles. The van der Waals surface area contributed by atoms with Crippen LogP contribution in [-0.2, 0) is 11.4 Å². The van der Waals surface area contributed by atoms with E-state index in [1.54, 1.807) is 18.2 Å². The molecule has 0 atom stereocenters. The summed E-state index contributed by atoms with van der Waals surface area (Å²) in [6, 6.07) is 24.8. The van der Waals surface area contributed by atoms with Crippen LogP contribution in [0.3, 0.4) is 0 Å². The Labute approximate surface area is 219 Å². The molecule has 1 N–H and O–H groups in total. The summed E-state index contributed by atoms with van der Waals surface area (Å²) < 4.78 is 6.65. The van der Waals surface area contributed by atoms with Gasteiger partial charge in [-0.15, -0.1) is 0 Å². The number of carbonyl (C=O) groups excluding carboxylic acids is 1. The molecule has 4 aromatic rings. The van der Waals surface area contributed by atoms with Crippen LogP contribution in [0.25, 0.3) is 16.8 Å². The Morgan fingerprint density at radius 3 is 2.64 bits per heavy atom. The van der Waals surface area contributed by atoms with Gasteiger partial charge in [0, 0.05) is 12.1 Å². The molecule has 0 aliphatic heterocycles. The summed E-state index contributed by atoms with van der Waals surface area (Å²) in [4.78, 5) is 23.0. The number of non-ortho nitro benzene ring substituents is 1. The van der Waals surface area contributed by atoms with Crippen LogP contribution in [0, 0.1) is 21.4 Å². The Balaban J connectivity index is 1.50. The van der Waals surface area contributed by atoms with E-state index in [9.17, 15) is 20.2 Å². The van der Waals surface area contributed by atoms with Crippen LogP contribution < -0.4 is 10.1 Å². The van der Waals surface area contributed by atoms with E-state index in [2.05, 4.69) is 21.2 Å². The van der Waals surface area contributed by atoms with E-state index in [-0.39, 0.29) is 22.0 Å². The first kappa shape index (κ1) is 24.9. The average Bonchev–Trinajstić information content (AvgIpc) is 2.87. The van der Waals surface area contributed by atoms with E-state index in [4.69, 9.17) is 16.3 Å². The van der Waals surface area contributed by atoms with Gasteiger partial charge in [0.05, 0.1) is 20.1 Å². The van der Waals surface area contributed by atoms with Crippen LogP contribution in [0.2, 0.25) is 5.02 Å². The second kappa shape index (κ2) is 11.0. The maximum Gasteiger partial charge on any atom is 0.271 e. The molecule has 0 heterocycles. The second-order valence-electron chi connectivity index (χ2n) is 7.66. The summed E-state index contributed by atoms with van der Waals surface area (Å²) in [6.07, 6.45) is 1.40. The lowest BCUT2D eigenvalue weighted by atomic mass is 10.1. The number of hydrogen-bond donors (Lipinski definition) is 1. The summed E-state index contributed by atoms with van der Waals surface area (Å²) in [5.74, 6) is -0.140. The molecule has 0 aliphatic rings. The molecule has 0 saturated carbocycles. The van der Waals surface area contributed by atoms with Crippen molar-refractivity contribution in [1.82, 2.24) is 0 Å². The van der Waals surface area contributed by atoms with E-state index in [1.807, 2.05) is 48.5 Å². The van der Waals surface area contributed by atoms with Gasteiger partial charge in [0.1, 0.15) is 24.0 Å². The maximum atomic E-state index is 12.6. The zero-order valence-electron chi connectivity index (χ0n) is 18.6. The number of nitrogens with zero attached hydrogens (tertiary/aromatic N) is 2. The molecule has 36 heavy (non-hydrogen) atoms. The highest BCUT2D eigenvalue weighted by Gasteiger charge is 2.15. The van der Waals surface area contributed by atoms with Crippen LogP contribution in [0.15, 0.2) is 88.9 Å². The summed E-state index contributed by atoms with van der Waals surface area (Å²) >= 11 is 9.52. The highest BCUT2D eigenvalue weighted by Crippen LogP contribution is 2.30. The van der Waals surface area contributed by atoms with Crippen molar-refractivity contribution >= 4 is 61.7 Å². The number of carbonyl (C=O) groups is 1. The standard InChI is InChI=1S/C27H17BrClN3O4/c28-23-13-17(8-11-26(23)36-16-19-6-3-5-18-4-1-2-7-22(18)19)12-20(15-30)27(33)31-25-14-21(32(34)35)9-10-24(25)29/h1-14H,16H2,(H,31,33)/b20-12+. The van der Waals surface area contributed by atoms with Crippen molar-refractivity contribution in [1.29, 1.82) is 5.26 Å². The number of benzene rings is 4. The number of anilines is 1. The number of nitrogens with one attached hydrogen (secondary N) is 1. The Kier molecular flexibility index (Phi) is 7.64. The van der Waals surface area contributed by atoms with Gasteiger partial charge in [0.2, 0.25) is 0 Å². The van der Waals surface area contributed by atoms with Gasteiger partial charge in [-0.1, -0.05) is 60.1 Å². The highest BCUT2D eigenvalue weighted by molar-refractivity contribution is 9.10. The molecular weight excluding hydrogens is 546 g/mol. The summed E-state index contributed by atoms with van der Waals surface area (Å²) in [5, 5.41) is 25.3. The largest absolute Gasteiger partial charge is 0.488 e. The first-order valence-electron chi connectivity index (χ1n) is 10.6. The second-order valence-corrected chi connectivity index (χ2v) is 8.92.